The highest BCUT2D eigenvalue weighted by atomic mass is 15.5. The predicted molar refractivity (Wildman–Crippen MR) is 60.7 cm³/mol. The van der Waals surface area contributed by atoms with Crippen molar-refractivity contribution in [1.82, 2.24) is 25.2 Å². The minimum Gasteiger partial charge on any atom is -0.253 e. The van der Waals surface area contributed by atoms with Gasteiger partial charge in [0.05, 0.1) is 0 Å². The number of pyridine rings is 1. The summed E-state index contributed by atoms with van der Waals surface area (Å²) in [6.45, 7) is 6.48. The van der Waals surface area contributed by atoms with Gasteiger partial charge in [0.2, 0.25) is 0 Å². The maximum absolute atomic E-state index is 4.39. The third-order valence-electron chi connectivity index (χ3n) is 2.48. The Balaban J connectivity index is 2.37. The second kappa shape index (κ2) is 3.66. The van der Waals surface area contributed by atoms with E-state index in [-0.39, 0.29) is 5.41 Å². The summed E-state index contributed by atoms with van der Waals surface area (Å²) in [5.41, 5.74) is 2.11. The third-order valence-corrected chi connectivity index (χ3v) is 2.48. The second-order valence-corrected chi connectivity index (χ2v) is 4.81. The molecule has 5 heteroatoms. The molecule has 0 saturated heterocycles. The Labute approximate surface area is 94.5 Å². The lowest BCUT2D eigenvalue weighted by Crippen LogP contribution is -2.11. The normalized spacial score (nSPS) is 11.8. The average molecular weight is 217 g/mol. The van der Waals surface area contributed by atoms with Gasteiger partial charge in [0.15, 0.2) is 5.82 Å². The SMILES string of the molecule is Cn1nnnc1-c1ccc(C(C)(C)C)cn1. The van der Waals surface area contributed by atoms with Crippen molar-refractivity contribution in [2.24, 2.45) is 7.05 Å². The number of tetrazole rings is 1. The van der Waals surface area contributed by atoms with Gasteiger partial charge in [0.1, 0.15) is 5.69 Å². The molecule has 2 aromatic heterocycles. The molecule has 0 aromatic carbocycles. The van der Waals surface area contributed by atoms with Gasteiger partial charge in [-0.2, -0.15) is 0 Å². The first-order valence-electron chi connectivity index (χ1n) is 5.18. The first-order valence-corrected chi connectivity index (χ1v) is 5.18. The van der Waals surface area contributed by atoms with Gasteiger partial charge in [-0.05, 0) is 27.5 Å². The molecule has 0 saturated carbocycles. The van der Waals surface area contributed by atoms with Crippen LogP contribution in [0.3, 0.4) is 0 Å². The van der Waals surface area contributed by atoms with Gasteiger partial charge in [0.25, 0.3) is 0 Å². The largest absolute Gasteiger partial charge is 0.253 e. The quantitative estimate of drug-likeness (QED) is 0.727. The number of nitrogens with zero attached hydrogens (tertiary/aromatic N) is 5. The predicted octanol–water partition coefficient (Wildman–Crippen LogP) is 1.57. The molecule has 16 heavy (non-hydrogen) atoms. The zero-order valence-corrected chi connectivity index (χ0v) is 9.97. The molecule has 0 fully saturated rings. The van der Waals surface area contributed by atoms with Crippen LogP contribution in [0.15, 0.2) is 18.3 Å². The molecule has 0 aliphatic heterocycles. The van der Waals surface area contributed by atoms with Gasteiger partial charge in [-0.3, -0.25) is 4.98 Å². The van der Waals surface area contributed by atoms with Gasteiger partial charge in [0, 0.05) is 13.2 Å². The van der Waals surface area contributed by atoms with Gasteiger partial charge in [-0.1, -0.05) is 26.8 Å². The lowest BCUT2D eigenvalue weighted by molar-refractivity contribution is 0.587. The van der Waals surface area contributed by atoms with Gasteiger partial charge >= 0.3 is 0 Å². The van der Waals surface area contributed by atoms with Crippen LogP contribution in [-0.4, -0.2) is 25.2 Å². The lowest BCUT2D eigenvalue weighted by atomic mass is 9.88. The smallest absolute Gasteiger partial charge is 0.200 e. The highest BCUT2D eigenvalue weighted by molar-refractivity contribution is 5.48. The zero-order chi connectivity index (χ0) is 11.8. The molecule has 0 unspecified atom stereocenters. The van der Waals surface area contributed by atoms with Crippen molar-refractivity contribution in [2.45, 2.75) is 26.2 Å². The fourth-order valence-corrected chi connectivity index (χ4v) is 1.42. The summed E-state index contributed by atoms with van der Waals surface area (Å²) < 4.78 is 1.61. The van der Waals surface area contributed by atoms with Crippen molar-refractivity contribution in [3.05, 3.63) is 23.9 Å². The van der Waals surface area contributed by atoms with E-state index in [0.717, 1.165) is 5.69 Å². The molecule has 0 radical (unpaired) electrons. The number of rotatable bonds is 1. The van der Waals surface area contributed by atoms with Crippen LogP contribution in [0, 0.1) is 0 Å². The monoisotopic (exact) mass is 217 g/mol. The van der Waals surface area contributed by atoms with E-state index >= 15 is 0 Å². The highest BCUT2D eigenvalue weighted by Gasteiger charge is 2.15. The summed E-state index contributed by atoms with van der Waals surface area (Å²) in [6, 6.07) is 4.02. The van der Waals surface area contributed by atoms with E-state index in [0.29, 0.717) is 5.82 Å². The van der Waals surface area contributed by atoms with Crippen molar-refractivity contribution in [1.29, 1.82) is 0 Å². The van der Waals surface area contributed by atoms with Crippen LogP contribution in [0.25, 0.3) is 11.5 Å². The fourth-order valence-electron chi connectivity index (χ4n) is 1.42. The summed E-state index contributed by atoms with van der Waals surface area (Å²) in [7, 11) is 1.80. The van der Waals surface area contributed by atoms with E-state index in [1.807, 2.05) is 12.3 Å². The number of hydrogen-bond donors (Lipinski definition) is 0. The van der Waals surface area contributed by atoms with E-state index in [1.165, 1.54) is 5.56 Å². The molecular formula is C11H15N5. The Morgan fingerprint density at radius 2 is 1.94 bits per heavy atom. The van der Waals surface area contributed by atoms with E-state index < -0.39 is 0 Å². The van der Waals surface area contributed by atoms with Crippen LogP contribution in [0.2, 0.25) is 0 Å². The van der Waals surface area contributed by atoms with Crippen LogP contribution in [0.1, 0.15) is 26.3 Å². The van der Waals surface area contributed by atoms with E-state index in [9.17, 15) is 0 Å². The zero-order valence-electron chi connectivity index (χ0n) is 9.97. The Bertz CT molecular complexity index is 478. The highest BCUT2D eigenvalue weighted by Crippen LogP contribution is 2.22. The number of aromatic nitrogens is 5. The van der Waals surface area contributed by atoms with Crippen LogP contribution in [0.4, 0.5) is 0 Å². The minimum atomic E-state index is 0.115. The fraction of sp³-hybridized carbons (Fsp3) is 0.455. The summed E-state index contributed by atoms with van der Waals surface area (Å²) >= 11 is 0. The summed E-state index contributed by atoms with van der Waals surface area (Å²) in [4.78, 5) is 4.39. The number of aryl methyl sites for hydroxylation is 1. The molecule has 2 rings (SSSR count). The van der Waals surface area contributed by atoms with Crippen molar-refractivity contribution < 1.29 is 0 Å². The molecule has 0 bridgehead atoms. The van der Waals surface area contributed by atoms with Crippen molar-refractivity contribution >= 4 is 0 Å². The van der Waals surface area contributed by atoms with Crippen molar-refractivity contribution in [3.63, 3.8) is 0 Å². The summed E-state index contributed by atoms with van der Waals surface area (Å²) in [6.07, 6.45) is 1.88. The van der Waals surface area contributed by atoms with Crippen LogP contribution >= 0.6 is 0 Å². The Morgan fingerprint density at radius 1 is 1.19 bits per heavy atom. The summed E-state index contributed by atoms with van der Waals surface area (Å²) in [5, 5.41) is 11.3. The number of hydrogen-bond acceptors (Lipinski definition) is 4. The molecule has 84 valence electrons. The molecule has 2 aromatic rings. The Hall–Kier alpha value is -1.78. The topological polar surface area (TPSA) is 56.5 Å². The van der Waals surface area contributed by atoms with Crippen molar-refractivity contribution in [3.8, 4) is 11.5 Å². The van der Waals surface area contributed by atoms with Gasteiger partial charge in [-0.25, -0.2) is 4.68 Å². The molecule has 2 heterocycles. The Morgan fingerprint density at radius 3 is 2.38 bits per heavy atom. The molecule has 0 aliphatic carbocycles. The Kier molecular flexibility index (Phi) is 2.46. The van der Waals surface area contributed by atoms with Crippen LogP contribution < -0.4 is 0 Å². The van der Waals surface area contributed by atoms with Gasteiger partial charge < -0.3 is 0 Å². The van der Waals surface area contributed by atoms with E-state index in [2.05, 4.69) is 47.3 Å². The maximum atomic E-state index is 4.39. The third kappa shape index (κ3) is 1.93. The first-order chi connectivity index (χ1) is 7.48. The lowest BCUT2D eigenvalue weighted by Gasteiger charge is -2.18. The van der Waals surface area contributed by atoms with E-state index in [1.54, 1.807) is 11.7 Å². The molecule has 0 amide bonds. The second-order valence-electron chi connectivity index (χ2n) is 4.81. The maximum Gasteiger partial charge on any atom is 0.200 e. The van der Waals surface area contributed by atoms with Crippen molar-refractivity contribution in [2.75, 3.05) is 0 Å². The molecule has 0 atom stereocenters. The average Bonchev–Trinajstić information content (AvgIpc) is 2.63. The van der Waals surface area contributed by atoms with E-state index in [4.69, 9.17) is 0 Å². The standard InChI is InChI=1S/C11H15N5/c1-11(2,3)8-5-6-9(12-7-8)10-13-14-15-16(10)4/h5-7H,1-4H3. The van der Waals surface area contributed by atoms with Crippen LogP contribution in [-0.2, 0) is 12.5 Å². The van der Waals surface area contributed by atoms with Gasteiger partial charge in [-0.15, -0.1) is 5.10 Å². The van der Waals surface area contributed by atoms with Crippen LogP contribution in [0.5, 0.6) is 0 Å². The summed E-state index contributed by atoms with van der Waals surface area (Å²) in [5.74, 6) is 0.681. The minimum absolute atomic E-state index is 0.115. The molecule has 0 aliphatic rings. The molecular weight excluding hydrogens is 202 g/mol. The molecule has 0 spiro atoms. The molecule has 5 nitrogen and oxygen atoms in total. The molecule has 0 N–H and O–H groups in total. The first kappa shape index (κ1) is 10.7.